The number of carbonyl (C=O) groups is 1. The van der Waals surface area contributed by atoms with Gasteiger partial charge in [0.05, 0.1) is 11.5 Å². The molecular weight excluding hydrogens is 364 g/mol. The lowest BCUT2D eigenvalue weighted by Crippen LogP contribution is -2.50. The Labute approximate surface area is 150 Å². The zero-order chi connectivity index (χ0) is 18.0. The zero-order valence-electron chi connectivity index (χ0n) is 14.1. The SMILES string of the molecule is CCOC(=O)N1CCN(S(=O)(=O)c2cn(C)nc2-c2cccs2)CC1. The van der Waals surface area contributed by atoms with Gasteiger partial charge in [-0.1, -0.05) is 6.07 Å². The van der Waals surface area contributed by atoms with E-state index in [1.807, 2.05) is 17.5 Å². The van der Waals surface area contributed by atoms with Crippen molar-refractivity contribution in [2.45, 2.75) is 11.8 Å². The smallest absolute Gasteiger partial charge is 0.409 e. The van der Waals surface area contributed by atoms with Crippen LogP contribution in [-0.4, -0.2) is 66.3 Å². The lowest BCUT2D eigenvalue weighted by molar-refractivity contribution is 0.0934. The van der Waals surface area contributed by atoms with Gasteiger partial charge in [-0.25, -0.2) is 13.2 Å². The number of ether oxygens (including phenoxy) is 1. The number of sulfonamides is 1. The highest BCUT2D eigenvalue weighted by Gasteiger charge is 2.33. The lowest BCUT2D eigenvalue weighted by atomic mass is 10.3. The molecular formula is C15H20N4O4S2. The topological polar surface area (TPSA) is 84.7 Å². The molecule has 136 valence electrons. The molecule has 0 unspecified atom stereocenters. The van der Waals surface area contributed by atoms with E-state index >= 15 is 0 Å². The van der Waals surface area contributed by atoms with Crippen molar-refractivity contribution in [3.63, 3.8) is 0 Å². The van der Waals surface area contributed by atoms with Crippen molar-refractivity contribution in [3.8, 4) is 10.6 Å². The predicted molar refractivity (Wildman–Crippen MR) is 93.9 cm³/mol. The summed E-state index contributed by atoms with van der Waals surface area (Å²) >= 11 is 1.45. The first kappa shape index (κ1) is 17.9. The van der Waals surface area contributed by atoms with Crippen LogP contribution in [0, 0.1) is 0 Å². The quantitative estimate of drug-likeness (QED) is 0.800. The highest BCUT2D eigenvalue weighted by atomic mass is 32.2. The molecule has 1 aliphatic rings. The Kier molecular flexibility index (Phi) is 5.11. The van der Waals surface area contributed by atoms with Gasteiger partial charge in [-0.15, -0.1) is 11.3 Å². The summed E-state index contributed by atoms with van der Waals surface area (Å²) < 4.78 is 34.0. The number of nitrogens with zero attached hydrogens (tertiary/aromatic N) is 4. The van der Waals surface area contributed by atoms with Gasteiger partial charge in [-0.3, -0.25) is 4.68 Å². The average molecular weight is 384 g/mol. The normalized spacial score (nSPS) is 16.2. The molecule has 2 aromatic heterocycles. The van der Waals surface area contributed by atoms with Gasteiger partial charge < -0.3 is 9.64 Å². The second-order valence-electron chi connectivity index (χ2n) is 5.58. The van der Waals surface area contributed by atoms with E-state index in [0.717, 1.165) is 4.88 Å². The summed E-state index contributed by atoms with van der Waals surface area (Å²) in [6, 6.07) is 3.72. The van der Waals surface area contributed by atoms with Gasteiger partial charge in [0.1, 0.15) is 10.6 Å². The molecule has 10 heteroatoms. The van der Waals surface area contributed by atoms with Crippen molar-refractivity contribution in [2.24, 2.45) is 7.05 Å². The van der Waals surface area contributed by atoms with E-state index in [0.29, 0.717) is 25.4 Å². The van der Waals surface area contributed by atoms with Crippen molar-refractivity contribution < 1.29 is 17.9 Å². The Morgan fingerprint density at radius 2 is 2.04 bits per heavy atom. The van der Waals surface area contributed by atoms with Crippen molar-refractivity contribution >= 4 is 27.5 Å². The second kappa shape index (κ2) is 7.14. The van der Waals surface area contributed by atoms with Crippen LogP contribution in [-0.2, 0) is 21.8 Å². The van der Waals surface area contributed by atoms with Crippen LogP contribution in [0.4, 0.5) is 4.79 Å². The van der Waals surface area contributed by atoms with Crippen LogP contribution in [0.1, 0.15) is 6.92 Å². The van der Waals surface area contributed by atoms with Gasteiger partial charge in [-0.2, -0.15) is 9.40 Å². The third-order valence-electron chi connectivity index (χ3n) is 3.93. The molecule has 0 atom stereocenters. The van der Waals surface area contributed by atoms with Crippen molar-refractivity contribution in [2.75, 3.05) is 32.8 Å². The van der Waals surface area contributed by atoms with Crippen LogP contribution in [0.5, 0.6) is 0 Å². The molecule has 8 nitrogen and oxygen atoms in total. The summed E-state index contributed by atoms with van der Waals surface area (Å²) in [5, 5.41) is 6.21. The summed E-state index contributed by atoms with van der Waals surface area (Å²) in [7, 11) is -1.98. The van der Waals surface area contributed by atoms with E-state index in [4.69, 9.17) is 4.74 Å². The zero-order valence-corrected chi connectivity index (χ0v) is 15.7. The summed E-state index contributed by atoms with van der Waals surface area (Å²) in [6.07, 6.45) is 1.13. The molecule has 0 aromatic carbocycles. The predicted octanol–water partition coefficient (Wildman–Crippen LogP) is 1.61. The first-order valence-corrected chi connectivity index (χ1v) is 10.2. The number of piperazine rings is 1. The largest absolute Gasteiger partial charge is 0.450 e. The molecule has 0 aliphatic carbocycles. The number of rotatable bonds is 4. The molecule has 0 radical (unpaired) electrons. The summed E-state index contributed by atoms with van der Waals surface area (Å²) in [4.78, 5) is 14.3. The third kappa shape index (κ3) is 3.55. The molecule has 0 saturated carbocycles. The molecule has 1 aliphatic heterocycles. The van der Waals surface area contributed by atoms with Crippen LogP contribution in [0.15, 0.2) is 28.6 Å². The van der Waals surface area contributed by atoms with E-state index < -0.39 is 16.1 Å². The number of hydrogen-bond acceptors (Lipinski definition) is 6. The molecule has 2 aromatic rings. The van der Waals surface area contributed by atoms with Crippen LogP contribution in [0.3, 0.4) is 0 Å². The van der Waals surface area contributed by atoms with Gasteiger partial charge in [-0.05, 0) is 18.4 Å². The average Bonchev–Trinajstić information content (AvgIpc) is 3.24. The fourth-order valence-electron chi connectivity index (χ4n) is 2.70. The molecule has 3 heterocycles. The molecule has 0 N–H and O–H groups in total. The standard InChI is InChI=1S/C15H20N4O4S2/c1-3-23-15(20)18-6-8-19(9-7-18)25(21,22)13-11-17(2)16-14(13)12-5-4-10-24-12/h4-5,10-11H,3,6-9H2,1-2H3. The van der Waals surface area contributed by atoms with Gasteiger partial charge in [0, 0.05) is 39.4 Å². The van der Waals surface area contributed by atoms with E-state index in [1.54, 1.807) is 14.0 Å². The highest BCUT2D eigenvalue weighted by Crippen LogP contribution is 2.31. The molecule has 0 bridgehead atoms. The summed E-state index contributed by atoms with van der Waals surface area (Å²) in [5.41, 5.74) is 0.463. The maximum Gasteiger partial charge on any atom is 0.409 e. The van der Waals surface area contributed by atoms with Crippen LogP contribution in [0.25, 0.3) is 10.6 Å². The van der Waals surface area contributed by atoms with E-state index in [-0.39, 0.29) is 18.0 Å². The summed E-state index contributed by atoms with van der Waals surface area (Å²) in [6.45, 7) is 3.14. The third-order valence-corrected chi connectivity index (χ3v) is 6.71. The van der Waals surface area contributed by atoms with Crippen molar-refractivity contribution in [1.29, 1.82) is 0 Å². The second-order valence-corrected chi connectivity index (χ2v) is 8.44. The number of aryl methyl sites for hydroxylation is 1. The van der Waals surface area contributed by atoms with Crippen LogP contribution in [0.2, 0.25) is 0 Å². The molecule has 1 fully saturated rings. The molecule has 1 amide bonds. The fourth-order valence-corrected chi connectivity index (χ4v) is 5.10. The number of hydrogen-bond donors (Lipinski definition) is 0. The first-order valence-electron chi connectivity index (χ1n) is 7.93. The Morgan fingerprint density at radius 1 is 1.32 bits per heavy atom. The van der Waals surface area contributed by atoms with Crippen molar-refractivity contribution in [3.05, 3.63) is 23.7 Å². The van der Waals surface area contributed by atoms with E-state index in [2.05, 4.69) is 5.10 Å². The molecule has 25 heavy (non-hydrogen) atoms. The summed E-state index contributed by atoms with van der Waals surface area (Å²) in [5.74, 6) is 0. The molecule has 1 saturated heterocycles. The molecule has 3 rings (SSSR count). The maximum atomic E-state index is 13.1. The van der Waals surface area contributed by atoms with Crippen molar-refractivity contribution in [1.82, 2.24) is 19.0 Å². The Balaban J connectivity index is 1.81. The Bertz CT molecular complexity index is 837. The number of aromatic nitrogens is 2. The Hall–Kier alpha value is -1.91. The minimum Gasteiger partial charge on any atom is -0.450 e. The van der Waals surface area contributed by atoms with Gasteiger partial charge in [0.25, 0.3) is 0 Å². The van der Waals surface area contributed by atoms with Crippen LogP contribution >= 0.6 is 11.3 Å². The number of carbonyl (C=O) groups excluding carboxylic acids is 1. The van der Waals surface area contributed by atoms with Gasteiger partial charge >= 0.3 is 6.09 Å². The van der Waals surface area contributed by atoms with Gasteiger partial charge in [0.2, 0.25) is 10.0 Å². The van der Waals surface area contributed by atoms with E-state index in [9.17, 15) is 13.2 Å². The minimum atomic E-state index is -3.68. The Morgan fingerprint density at radius 3 is 2.64 bits per heavy atom. The molecule has 0 spiro atoms. The minimum absolute atomic E-state index is 0.196. The lowest BCUT2D eigenvalue weighted by Gasteiger charge is -2.33. The first-order chi connectivity index (χ1) is 11.9. The van der Waals surface area contributed by atoms with Gasteiger partial charge in [0.15, 0.2) is 0 Å². The maximum absolute atomic E-state index is 13.1. The number of amides is 1. The number of thiophene rings is 1. The fraction of sp³-hybridized carbons (Fsp3) is 0.467. The highest BCUT2D eigenvalue weighted by molar-refractivity contribution is 7.89. The van der Waals surface area contributed by atoms with Crippen LogP contribution < -0.4 is 0 Å². The monoisotopic (exact) mass is 384 g/mol. The van der Waals surface area contributed by atoms with E-state index in [1.165, 1.54) is 31.4 Å².